The molecule has 0 fully saturated rings. The molecule has 1 atom stereocenters. The summed E-state index contributed by atoms with van der Waals surface area (Å²) < 4.78 is 0. The summed E-state index contributed by atoms with van der Waals surface area (Å²) in [6, 6.07) is 22.4. The summed E-state index contributed by atoms with van der Waals surface area (Å²) in [5.41, 5.74) is 1.25. The Kier molecular flexibility index (Phi) is 5.81. The third kappa shape index (κ3) is 4.67. The van der Waals surface area contributed by atoms with Crippen LogP contribution in [0.15, 0.2) is 66.7 Å². The number of rotatable bonds is 7. The molecule has 5 nitrogen and oxygen atoms in total. The van der Waals surface area contributed by atoms with Gasteiger partial charge < -0.3 is 15.3 Å². The lowest BCUT2D eigenvalue weighted by molar-refractivity contribution is 0.0459. The first kappa shape index (κ1) is 20.5. The summed E-state index contributed by atoms with van der Waals surface area (Å²) in [6.45, 7) is 2.78. The van der Waals surface area contributed by atoms with E-state index >= 15 is 0 Å². The largest absolute Gasteiger partial charge is 0.387 e. The van der Waals surface area contributed by atoms with E-state index in [1.165, 1.54) is 0 Å². The smallest absolute Gasteiger partial charge is 0.163 e. The van der Waals surface area contributed by atoms with Crippen molar-refractivity contribution in [2.75, 3.05) is 32.5 Å². The zero-order valence-electron chi connectivity index (χ0n) is 17.5. The van der Waals surface area contributed by atoms with E-state index in [1.54, 1.807) is 11.3 Å². The Morgan fingerprint density at radius 1 is 0.967 bits per heavy atom. The van der Waals surface area contributed by atoms with Crippen molar-refractivity contribution in [3.63, 3.8) is 0 Å². The minimum Gasteiger partial charge on any atom is -0.387 e. The summed E-state index contributed by atoms with van der Waals surface area (Å²) in [6.07, 6.45) is 0. The average molecular weight is 419 g/mol. The van der Waals surface area contributed by atoms with Crippen LogP contribution >= 0.6 is 11.3 Å². The maximum Gasteiger partial charge on any atom is 0.163 e. The molecule has 0 saturated carbocycles. The van der Waals surface area contributed by atoms with E-state index in [2.05, 4.69) is 23.5 Å². The zero-order chi connectivity index (χ0) is 21.1. The van der Waals surface area contributed by atoms with Crippen molar-refractivity contribution in [3.8, 4) is 21.8 Å². The van der Waals surface area contributed by atoms with E-state index in [0.29, 0.717) is 18.9 Å². The van der Waals surface area contributed by atoms with Crippen LogP contribution in [0.2, 0.25) is 0 Å². The molecule has 2 aromatic carbocycles. The fourth-order valence-corrected chi connectivity index (χ4v) is 4.57. The van der Waals surface area contributed by atoms with Gasteiger partial charge in [0.05, 0.1) is 11.0 Å². The van der Waals surface area contributed by atoms with Gasteiger partial charge in [0.25, 0.3) is 0 Å². The summed E-state index contributed by atoms with van der Waals surface area (Å²) in [5.74, 6) is 1.43. The fourth-order valence-electron chi connectivity index (χ4n) is 3.53. The first-order chi connectivity index (χ1) is 14.4. The molecule has 2 aromatic heterocycles. The minimum atomic E-state index is -0.883. The second kappa shape index (κ2) is 8.52. The highest BCUT2D eigenvalue weighted by molar-refractivity contribution is 7.21. The van der Waals surface area contributed by atoms with E-state index in [0.717, 1.165) is 32.0 Å². The highest BCUT2D eigenvalue weighted by atomic mass is 32.1. The normalized spacial score (nSPS) is 13.5. The van der Waals surface area contributed by atoms with E-state index in [1.807, 2.05) is 74.4 Å². The summed E-state index contributed by atoms with van der Waals surface area (Å²) in [4.78, 5) is 13.7. The number of hydrogen-bond acceptors (Lipinski definition) is 6. The minimum absolute atomic E-state index is 0.391. The molecule has 154 valence electrons. The number of aromatic nitrogens is 2. The maximum atomic E-state index is 10.7. The van der Waals surface area contributed by atoms with Gasteiger partial charge in [-0.2, -0.15) is 0 Å². The van der Waals surface area contributed by atoms with Crippen LogP contribution in [-0.4, -0.2) is 52.8 Å². The predicted octanol–water partition coefficient (Wildman–Crippen LogP) is 4.75. The Bertz CT molecular complexity index is 1120. The zero-order valence-corrected chi connectivity index (χ0v) is 18.3. The number of fused-ring (bicyclic) bond motifs is 1. The number of aliphatic hydroxyl groups is 1. The van der Waals surface area contributed by atoms with Crippen LogP contribution in [-0.2, 0) is 0 Å². The second-order valence-electron chi connectivity index (χ2n) is 8.05. The van der Waals surface area contributed by atoms with Gasteiger partial charge in [0.2, 0.25) is 0 Å². The van der Waals surface area contributed by atoms with Gasteiger partial charge in [-0.05, 0) is 32.6 Å². The highest BCUT2D eigenvalue weighted by Gasteiger charge is 2.22. The molecule has 4 rings (SSSR count). The van der Waals surface area contributed by atoms with Gasteiger partial charge in [0.15, 0.2) is 5.82 Å². The first-order valence-corrected chi connectivity index (χ1v) is 10.8. The van der Waals surface area contributed by atoms with Crippen molar-refractivity contribution in [3.05, 3.63) is 66.7 Å². The number of benzene rings is 2. The van der Waals surface area contributed by atoms with Crippen molar-refractivity contribution in [1.82, 2.24) is 14.9 Å². The van der Waals surface area contributed by atoms with Crippen molar-refractivity contribution in [1.29, 1.82) is 0 Å². The SMILES string of the molecule is CN(C)CC(C)(O)CNc1nc(-c2ccccc2)nc2sc(-c3ccccc3)cc12. The number of hydrogen-bond donors (Lipinski definition) is 2. The van der Waals surface area contributed by atoms with Gasteiger partial charge in [-0.1, -0.05) is 60.7 Å². The molecule has 0 aliphatic carbocycles. The van der Waals surface area contributed by atoms with E-state index in [-0.39, 0.29) is 0 Å². The molecule has 0 radical (unpaired) electrons. The monoisotopic (exact) mass is 418 g/mol. The van der Waals surface area contributed by atoms with Gasteiger partial charge >= 0.3 is 0 Å². The lowest BCUT2D eigenvalue weighted by atomic mass is 10.1. The Hall–Kier alpha value is -2.80. The number of nitrogens with zero attached hydrogens (tertiary/aromatic N) is 3. The predicted molar refractivity (Wildman–Crippen MR) is 126 cm³/mol. The lowest BCUT2D eigenvalue weighted by Gasteiger charge is -2.27. The lowest BCUT2D eigenvalue weighted by Crippen LogP contribution is -2.43. The Morgan fingerprint density at radius 2 is 1.60 bits per heavy atom. The van der Waals surface area contributed by atoms with Crippen molar-refractivity contribution < 1.29 is 5.11 Å². The van der Waals surface area contributed by atoms with Crippen LogP contribution in [0.5, 0.6) is 0 Å². The third-order valence-electron chi connectivity index (χ3n) is 4.78. The van der Waals surface area contributed by atoms with Crippen molar-refractivity contribution in [2.24, 2.45) is 0 Å². The second-order valence-corrected chi connectivity index (χ2v) is 9.08. The molecule has 6 heteroatoms. The summed E-state index contributed by atoms with van der Waals surface area (Å²) >= 11 is 1.66. The van der Waals surface area contributed by atoms with Gasteiger partial charge in [-0.3, -0.25) is 0 Å². The molecule has 2 heterocycles. The number of nitrogens with one attached hydrogen (secondary N) is 1. The summed E-state index contributed by atoms with van der Waals surface area (Å²) in [5, 5.41) is 15.1. The third-order valence-corrected chi connectivity index (χ3v) is 5.85. The van der Waals surface area contributed by atoms with Crippen LogP contribution in [0, 0.1) is 0 Å². The molecule has 0 amide bonds. The van der Waals surface area contributed by atoms with Crippen LogP contribution in [0.4, 0.5) is 5.82 Å². The number of likely N-dealkylation sites (N-methyl/N-ethyl adjacent to an activating group) is 1. The van der Waals surface area contributed by atoms with Crippen LogP contribution in [0.3, 0.4) is 0 Å². The molecule has 0 bridgehead atoms. The molecule has 0 spiro atoms. The van der Waals surface area contributed by atoms with Gasteiger partial charge in [0, 0.05) is 23.5 Å². The molecule has 0 aliphatic heterocycles. The average Bonchev–Trinajstić information content (AvgIpc) is 3.17. The van der Waals surface area contributed by atoms with Crippen LogP contribution < -0.4 is 5.32 Å². The van der Waals surface area contributed by atoms with Crippen molar-refractivity contribution in [2.45, 2.75) is 12.5 Å². The molecular formula is C24H26N4OS. The van der Waals surface area contributed by atoms with Gasteiger partial charge in [-0.15, -0.1) is 11.3 Å². The highest BCUT2D eigenvalue weighted by Crippen LogP contribution is 2.36. The number of thiophene rings is 1. The van der Waals surface area contributed by atoms with Gasteiger partial charge in [-0.25, -0.2) is 9.97 Å². The number of anilines is 1. The van der Waals surface area contributed by atoms with Crippen LogP contribution in [0.1, 0.15) is 6.92 Å². The Morgan fingerprint density at radius 3 is 2.23 bits per heavy atom. The van der Waals surface area contributed by atoms with E-state index in [9.17, 15) is 5.11 Å². The molecule has 2 N–H and O–H groups in total. The van der Waals surface area contributed by atoms with Gasteiger partial charge in [0.1, 0.15) is 10.6 Å². The molecular weight excluding hydrogens is 392 g/mol. The topological polar surface area (TPSA) is 61.3 Å². The first-order valence-electron chi connectivity index (χ1n) is 9.95. The van der Waals surface area contributed by atoms with Crippen LogP contribution in [0.25, 0.3) is 32.0 Å². The fraction of sp³-hybridized carbons (Fsp3) is 0.250. The molecule has 4 aromatic rings. The van der Waals surface area contributed by atoms with Crippen molar-refractivity contribution >= 4 is 27.4 Å². The van der Waals surface area contributed by atoms with E-state index in [4.69, 9.17) is 9.97 Å². The molecule has 1 unspecified atom stereocenters. The Balaban J connectivity index is 1.76. The summed E-state index contributed by atoms with van der Waals surface area (Å²) in [7, 11) is 3.91. The Labute approximate surface area is 181 Å². The molecule has 0 aliphatic rings. The standard InChI is InChI=1S/C24H26N4OS/c1-24(29,16-28(2)3)15-25-22-19-14-20(17-10-6-4-7-11-17)30-23(19)27-21(26-22)18-12-8-5-9-13-18/h4-14,29H,15-16H2,1-3H3,(H,25,26,27). The maximum absolute atomic E-state index is 10.7. The molecule has 0 saturated heterocycles. The molecule has 30 heavy (non-hydrogen) atoms. The quantitative estimate of drug-likeness (QED) is 0.454. The van der Waals surface area contributed by atoms with E-state index < -0.39 is 5.60 Å².